The molecule has 0 radical (unpaired) electrons. The van der Waals surface area contributed by atoms with Crippen molar-refractivity contribution >= 4 is 15.8 Å². The second-order valence-electron chi connectivity index (χ2n) is 4.35. The summed E-state index contributed by atoms with van der Waals surface area (Å²) in [5.74, 6) is -0.587. The highest BCUT2D eigenvalue weighted by Gasteiger charge is 2.40. The van der Waals surface area contributed by atoms with E-state index in [0.29, 0.717) is 32.4 Å². The van der Waals surface area contributed by atoms with Crippen molar-refractivity contribution in [2.75, 3.05) is 24.6 Å². The summed E-state index contributed by atoms with van der Waals surface area (Å²) in [6, 6.07) is 0. The van der Waals surface area contributed by atoms with Crippen LogP contribution in [0.5, 0.6) is 0 Å². The molecular formula is C10H19NO4S. The molecule has 0 aromatic heterocycles. The summed E-state index contributed by atoms with van der Waals surface area (Å²) in [5.41, 5.74) is -0.747. The number of carbonyl (C=O) groups is 1. The van der Waals surface area contributed by atoms with Crippen LogP contribution in [0.15, 0.2) is 0 Å². The molecule has 5 nitrogen and oxygen atoms in total. The average molecular weight is 249 g/mol. The highest BCUT2D eigenvalue weighted by atomic mass is 32.2. The number of carboxylic acid groups (broad SMARTS) is 1. The maximum Gasteiger partial charge on any atom is 0.310 e. The Morgan fingerprint density at radius 2 is 2.19 bits per heavy atom. The van der Waals surface area contributed by atoms with Crippen molar-refractivity contribution in [3.05, 3.63) is 0 Å². The minimum Gasteiger partial charge on any atom is -0.481 e. The van der Waals surface area contributed by atoms with E-state index in [1.807, 2.05) is 0 Å². The van der Waals surface area contributed by atoms with Crippen LogP contribution in [0.4, 0.5) is 0 Å². The highest BCUT2D eigenvalue weighted by molar-refractivity contribution is 7.91. The van der Waals surface area contributed by atoms with E-state index in [0.717, 1.165) is 0 Å². The van der Waals surface area contributed by atoms with Crippen LogP contribution in [0.1, 0.15) is 26.2 Å². The molecule has 16 heavy (non-hydrogen) atoms. The SMILES string of the molecule is CCS(=O)(=O)CCCC1(C(=O)O)CCNC1. The summed E-state index contributed by atoms with van der Waals surface area (Å²) in [7, 11) is -2.98. The van der Waals surface area contributed by atoms with Crippen LogP contribution in [0.25, 0.3) is 0 Å². The Labute approximate surface area is 96.1 Å². The fraction of sp³-hybridized carbons (Fsp3) is 0.900. The third-order valence-corrected chi connectivity index (χ3v) is 5.04. The molecule has 1 rings (SSSR count). The molecule has 1 saturated heterocycles. The summed E-state index contributed by atoms with van der Waals surface area (Å²) in [6.07, 6.45) is 1.47. The minimum absolute atomic E-state index is 0.0958. The first-order valence-corrected chi connectivity index (χ1v) is 7.38. The molecule has 1 atom stereocenters. The van der Waals surface area contributed by atoms with Gasteiger partial charge in [-0.1, -0.05) is 6.92 Å². The van der Waals surface area contributed by atoms with Crippen LogP contribution in [-0.2, 0) is 14.6 Å². The van der Waals surface area contributed by atoms with E-state index in [1.165, 1.54) is 0 Å². The molecule has 94 valence electrons. The number of sulfone groups is 1. The molecule has 1 aliphatic rings. The summed E-state index contributed by atoms with van der Waals surface area (Å²) in [6.45, 7) is 2.76. The number of aliphatic carboxylic acids is 1. The molecule has 1 heterocycles. The molecule has 1 unspecified atom stereocenters. The quantitative estimate of drug-likeness (QED) is 0.705. The largest absolute Gasteiger partial charge is 0.481 e. The van der Waals surface area contributed by atoms with Gasteiger partial charge in [-0.25, -0.2) is 8.42 Å². The van der Waals surface area contributed by atoms with Gasteiger partial charge in [0.1, 0.15) is 9.84 Å². The van der Waals surface area contributed by atoms with Gasteiger partial charge in [-0.3, -0.25) is 4.79 Å². The van der Waals surface area contributed by atoms with E-state index in [-0.39, 0.29) is 11.5 Å². The lowest BCUT2D eigenvalue weighted by Gasteiger charge is -2.22. The molecule has 1 aliphatic heterocycles. The Morgan fingerprint density at radius 3 is 2.62 bits per heavy atom. The Balaban J connectivity index is 2.49. The first kappa shape index (κ1) is 13.4. The predicted octanol–water partition coefficient (Wildman–Crippen LogP) is 0.266. The van der Waals surface area contributed by atoms with E-state index in [9.17, 15) is 13.2 Å². The van der Waals surface area contributed by atoms with Crippen LogP contribution in [-0.4, -0.2) is 44.1 Å². The molecule has 0 aliphatic carbocycles. The Morgan fingerprint density at radius 1 is 1.50 bits per heavy atom. The molecular weight excluding hydrogens is 230 g/mol. The Kier molecular flexibility index (Phi) is 4.32. The van der Waals surface area contributed by atoms with Gasteiger partial charge in [0, 0.05) is 12.3 Å². The van der Waals surface area contributed by atoms with Gasteiger partial charge in [-0.05, 0) is 25.8 Å². The molecule has 0 saturated carbocycles. The van der Waals surface area contributed by atoms with E-state index in [1.54, 1.807) is 6.92 Å². The van der Waals surface area contributed by atoms with Crippen LogP contribution in [0.2, 0.25) is 0 Å². The molecule has 0 aromatic rings. The minimum atomic E-state index is -2.98. The van der Waals surface area contributed by atoms with Gasteiger partial charge < -0.3 is 10.4 Å². The van der Waals surface area contributed by atoms with Gasteiger partial charge in [0.2, 0.25) is 0 Å². The Bertz CT molecular complexity index is 344. The number of hydrogen-bond donors (Lipinski definition) is 2. The van der Waals surface area contributed by atoms with Gasteiger partial charge in [0.25, 0.3) is 0 Å². The van der Waals surface area contributed by atoms with Gasteiger partial charge in [0.05, 0.1) is 11.2 Å². The molecule has 6 heteroatoms. The lowest BCUT2D eigenvalue weighted by atomic mass is 9.83. The normalized spacial score (nSPS) is 25.8. The number of carboxylic acids is 1. The topological polar surface area (TPSA) is 83.5 Å². The van der Waals surface area contributed by atoms with Crippen molar-refractivity contribution in [3.63, 3.8) is 0 Å². The lowest BCUT2D eigenvalue weighted by molar-refractivity contribution is -0.148. The fourth-order valence-electron chi connectivity index (χ4n) is 2.02. The van der Waals surface area contributed by atoms with E-state index < -0.39 is 21.2 Å². The van der Waals surface area contributed by atoms with Crippen LogP contribution in [0, 0.1) is 5.41 Å². The first-order valence-electron chi connectivity index (χ1n) is 5.56. The van der Waals surface area contributed by atoms with Crippen molar-refractivity contribution in [2.24, 2.45) is 5.41 Å². The third-order valence-electron chi connectivity index (χ3n) is 3.25. The Hall–Kier alpha value is -0.620. The molecule has 0 aromatic carbocycles. The monoisotopic (exact) mass is 249 g/mol. The molecule has 2 N–H and O–H groups in total. The van der Waals surface area contributed by atoms with E-state index in [4.69, 9.17) is 5.11 Å². The zero-order valence-electron chi connectivity index (χ0n) is 9.53. The molecule has 0 bridgehead atoms. The summed E-state index contributed by atoms with van der Waals surface area (Å²) in [4.78, 5) is 11.2. The van der Waals surface area contributed by atoms with Gasteiger partial charge in [0.15, 0.2) is 0 Å². The van der Waals surface area contributed by atoms with Crippen molar-refractivity contribution in [3.8, 4) is 0 Å². The molecule has 1 fully saturated rings. The highest BCUT2D eigenvalue weighted by Crippen LogP contribution is 2.31. The lowest BCUT2D eigenvalue weighted by Crippen LogP contribution is -2.33. The second kappa shape index (κ2) is 5.14. The van der Waals surface area contributed by atoms with Gasteiger partial charge in [-0.15, -0.1) is 0 Å². The maximum atomic E-state index is 11.3. The van der Waals surface area contributed by atoms with Crippen molar-refractivity contribution < 1.29 is 18.3 Å². The summed E-state index contributed by atoms with van der Waals surface area (Å²) in [5, 5.41) is 12.2. The van der Waals surface area contributed by atoms with Gasteiger partial charge >= 0.3 is 5.97 Å². The smallest absolute Gasteiger partial charge is 0.310 e. The van der Waals surface area contributed by atoms with Crippen molar-refractivity contribution in [1.82, 2.24) is 5.32 Å². The van der Waals surface area contributed by atoms with Crippen molar-refractivity contribution in [1.29, 1.82) is 0 Å². The van der Waals surface area contributed by atoms with E-state index in [2.05, 4.69) is 5.32 Å². The van der Waals surface area contributed by atoms with Crippen LogP contribution < -0.4 is 5.32 Å². The fourth-order valence-corrected chi connectivity index (χ4v) is 2.89. The average Bonchev–Trinajstić information content (AvgIpc) is 2.67. The number of rotatable bonds is 6. The number of nitrogens with one attached hydrogen (secondary N) is 1. The van der Waals surface area contributed by atoms with Gasteiger partial charge in [-0.2, -0.15) is 0 Å². The third kappa shape index (κ3) is 3.18. The zero-order valence-corrected chi connectivity index (χ0v) is 10.3. The van der Waals surface area contributed by atoms with Crippen LogP contribution in [0.3, 0.4) is 0 Å². The predicted molar refractivity (Wildman–Crippen MR) is 61.1 cm³/mol. The molecule has 0 spiro atoms. The standard InChI is InChI=1S/C10H19NO4S/c1-2-16(14,15)7-3-4-10(9(12)13)5-6-11-8-10/h11H,2-8H2,1H3,(H,12,13). The zero-order chi connectivity index (χ0) is 12.2. The van der Waals surface area contributed by atoms with Crippen molar-refractivity contribution in [2.45, 2.75) is 26.2 Å². The second-order valence-corrected chi connectivity index (χ2v) is 6.82. The maximum absolute atomic E-state index is 11.3. The summed E-state index contributed by atoms with van der Waals surface area (Å²) >= 11 is 0. The van der Waals surface area contributed by atoms with Crippen LogP contribution >= 0.6 is 0 Å². The number of hydrogen-bond acceptors (Lipinski definition) is 4. The van der Waals surface area contributed by atoms with E-state index >= 15 is 0 Å². The molecule has 0 amide bonds. The summed E-state index contributed by atoms with van der Waals surface area (Å²) < 4.78 is 22.6. The first-order chi connectivity index (χ1) is 7.42.